The van der Waals surface area contributed by atoms with Gasteiger partial charge in [0.05, 0.1) is 27.0 Å². The van der Waals surface area contributed by atoms with Crippen molar-refractivity contribution in [3.8, 4) is 56.9 Å². The number of benzene rings is 6. The van der Waals surface area contributed by atoms with Gasteiger partial charge in [-0.25, -0.2) is 71.9 Å². The molecule has 0 bridgehead atoms. The number of esters is 3. The lowest BCUT2D eigenvalue weighted by atomic mass is 9.91. The van der Waals surface area contributed by atoms with Crippen molar-refractivity contribution in [3.63, 3.8) is 0 Å². The second kappa shape index (κ2) is 18.3. The summed E-state index contributed by atoms with van der Waals surface area (Å²) in [5, 5.41) is -0.00574. The minimum Gasteiger partial charge on any atom is -0.493 e. The first-order valence-corrected chi connectivity index (χ1v) is 20.5. The van der Waals surface area contributed by atoms with Crippen LogP contribution in [-0.2, 0) is 13.0 Å². The average molecular weight is 1030 g/mol. The van der Waals surface area contributed by atoms with Gasteiger partial charge < -0.3 is 37.4 Å². The molecule has 1 aliphatic rings. The van der Waals surface area contributed by atoms with Crippen LogP contribution in [0.5, 0.6) is 34.5 Å². The number of fused-ring (bicyclic) bond motifs is 7. The molecule has 3 heterocycles. The third-order valence-corrected chi connectivity index (χ3v) is 11.5. The molecule has 0 amide bonds. The van der Waals surface area contributed by atoms with Crippen LogP contribution in [0.3, 0.4) is 0 Å². The predicted molar refractivity (Wildman–Crippen MR) is 226 cm³/mol. The van der Waals surface area contributed by atoms with Crippen LogP contribution in [-0.4, -0.2) is 43.8 Å². The Morgan fingerprint density at radius 1 is 0.507 bits per heavy atom. The number of aryl methyl sites for hydroxylation is 2. The van der Waals surface area contributed by atoms with Crippen LogP contribution >= 0.6 is 0 Å². The predicted octanol–water partition coefficient (Wildman–Crippen LogP) is 11.0. The summed E-state index contributed by atoms with van der Waals surface area (Å²) in [4.78, 5) is 53.6. The molecule has 73 heavy (non-hydrogen) atoms. The van der Waals surface area contributed by atoms with Crippen molar-refractivity contribution in [3.05, 3.63) is 163 Å². The van der Waals surface area contributed by atoms with Gasteiger partial charge in [-0.3, -0.25) is 0 Å². The van der Waals surface area contributed by atoms with E-state index < -0.39 is 127 Å². The zero-order valence-corrected chi connectivity index (χ0v) is 36.7. The lowest BCUT2D eigenvalue weighted by Crippen LogP contribution is -2.17. The zero-order valence-electron chi connectivity index (χ0n) is 36.7. The fourth-order valence-electron chi connectivity index (χ4n) is 8.12. The van der Waals surface area contributed by atoms with Crippen molar-refractivity contribution in [2.45, 2.75) is 13.0 Å². The fourth-order valence-corrected chi connectivity index (χ4v) is 8.12. The highest BCUT2D eigenvalue weighted by Gasteiger charge is 2.34. The van der Waals surface area contributed by atoms with Gasteiger partial charge in [-0.1, -0.05) is 6.07 Å². The summed E-state index contributed by atoms with van der Waals surface area (Å²) in [6.07, 6.45) is -0.00949. The SMILES string of the molecule is COc1cc(-c2c3n(c4c(=O)oc5cc(OC(=O)c6cc(F)c(F)c(F)c6F)c(OC)cc5c24)CCc2cc(OC(=O)c4cc(F)c(F)c(F)c4F)c(OC)cc2-3)ccc1OC(=O)c1cc(F)c(F)c(F)c1F. The summed E-state index contributed by atoms with van der Waals surface area (Å²) < 4.78 is 209. The van der Waals surface area contributed by atoms with Crippen LogP contribution in [0, 0.1) is 69.8 Å². The standard InChI is InChI=1S/C49H23F12NO11/c1-67-28-9-17(4-5-26(28)70-46(63)20-10-23(50)38(56)41(59)35(20)53)33-34-19-14-30(69-3)32(73-48(65)22-12-25(52)40(58)43(61)37(22)55)15-27(19)71-49(66)45(34)62-7-6-16-8-31(29(68-2)13-18(16)44(33)62)72-47(64)21-11-24(51)39(57)42(60)36(21)54/h4-5,8-15H,6-7H2,1-3H3. The quantitative estimate of drug-likeness (QED) is 0.0323. The molecule has 0 fully saturated rings. The minimum atomic E-state index is -2.32. The number of halogens is 12. The molecule has 1 aliphatic heterocycles. The van der Waals surface area contributed by atoms with E-state index in [2.05, 4.69) is 0 Å². The van der Waals surface area contributed by atoms with Crippen LogP contribution < -0.4 is 34.0 Å². The summed E-state index contributed by atoms with van der Waals surface area (Å²) in [6, 6.07) is 8.38. The number of hydrogen-bond donors (Lipinski definition) is 0. The van der Waals surface area contributed by atoms with E-state index in [0.29, 0.717) is 5.56 Å². The van der Waals surface area contributed by atoms with E-state index in [-0.39, 0.29) is 92.7 Å². The number of nitrogens with zero attached hydrogens (tertiary/aromatic N) is 1. The molecule has 9 rings (SSSR count). The van der Waals surface area contributed by atoms with Crippen molar-refractivity contribution in [2.75, 3.05) is 21.3 Å². The summed E-state index contributed by atoms with van der Waals surface area (Å²) >= 11 is 0. The smallest absolute Gasteiger partial charge is 0.361 e. The van der Waals surface area contributed by atoms with Crippen LogP contribution in [0.2, 0.25) is 0 Å². The van der Waals surface area contributed by atoms with Gasteiger partial charge in [0.1, 0.15) is 27.8 Å². The molecule has 0 atom stereocenters. The molecular formula is C49H23F12NO11. The highest BCUT2D eigenvalue weighted by Crippen LogP contribution is 2.50. The molecule has 0 unspecified atom stereocenters. The van der Waals surface area contributed by atoms with E-state index in [4.69, 9.17) is 32.8 Å². The molecule has 374 valence electrons. The van der Waals surface area contributed by atoms with E-state index in [1.807, 2.05) is 0 Å². The Bertz CT molecular complexity index is 3820. The number of carbonyl (C=O) groups excluding carboxylic acids is 3. The molecule has 2 aromatic heterocycles. The van der Waals surface area contributed by atoms with E-state index in [0.717, 1.165) is 33.5 Å². The summed E-state index contributed by atoms with van der Waals surface area (Å²) in [5.74, 6) is -33.2. The van der Waals surface area contributed by atoms with Crippen molar-refractivity contribution in [1.82, 2.24) is 4.57 Å². The average Bonchev–Trinajstić information content (AvgIpc) is 3.73. The van der Waals surface area contributed by atoms with Crippen LogP contribution in [0.15, 0.2) is 69.9 Å². The Balaban J connectivity index is 1.24. The van der Waals surface area contributed by atoms with Crippen molar-refractivity contribution in [2.24, 2.45) is 0 Å². The third kappa shape index (κ3) is 8.03. The number of hydrogen-bond acceptors (Lipinski definition) is 11. The maximum Gasteiger partial charge on any atom is 0.361 e. The first-order chi connectivity index (χ1) is 34.7. The molecule has 0 saturated heterocycles. The maximum atomic E-state index is 14.7. The molecule has 6 aromatic carbocycles. The monoisotopic (exact) mass is 1030 g/mol. The highest BCUT2D eigenvalue weighted by molar-refractivity contribution is 6.17. The van der Waals surface area contributed by atoms with Gasteiger partial charge in [0.2, 0.25) is 0 Å². The molecule has 0 radical (unpaired) electrons. The molecule has 0 saturated carbocycles. The number of aromatic nitrogens is 1. The highest BCUT2D eigenvalue weighted by atomic mass is 19.2. The Kier molecular flexibility index (Phi) is 12.3. The van der Waals surface area contributed by atoms with Crippen molar-refractivity contribution in [1.29, 1.82) is 0 Å². The number of rotatable bonds is 10. The third-order valence-electron chi connectivity index (χ3n) is 11.5. The zero-order chi connectivity index (χ0) is 52.6. The minimum absolute atomic E-state index is 0.00949. The van der Waals surface area contributed by atoms with Gasteiger partial charge >= 0.3 is 23.5 Å². The first-order valence-electron chi connectivity index (χ1n) is 20.5. The van der Waals surface area contributed by atoms with E-state index in [1.165, 1.54) is 34.9 Å². The molecule has 12 nitrogen and oxygen atoms in total. The fraction of sp³-hybridized carbons (Fsp3) is 0.102. The maximum absolute atomic E-state index is 14.7. The largest absolute Gasteiger partial charge is 0.493 e. The Morgan fingerprint density at radius 3 is 1.45 bits per heavy atom. The Morgan fingerprint density at radius 2 is 0.959 bits per heavy atom. The molecular weight excluding hydrogens is 1010 g/mol. The topological polar surface area (TPSA) is 142 Å². The number of methoxy groups -OCH3 is 3. The van der Waals surface area contributed by atoms with Crippen LogP contribution in [0.4, 0.5) is 52.7 Å². The number of carbonyl (C=O) groups is 3. The Labute approximate surface area is 398 Å². The Hall–Kier alpha value is -8.96. The van der Waals surface area contributed by atoms with E-state index >= 15 is 0 Å². The second-order valence-corrected chi connectivity index (χ2v) is 15.5. The molecule has 0 aliphatic carbocycles. The summed E-state index contributed by atoms with van der Waals surface area (Å²) in [6.45, 7) is -0.107. The van der Waals surface area contributed by atoms with Gasteiger partial charge in [0, 0.05) is 34.5 Å². The first kappa shape index (κ1) is 49.0. The van der Waals surface area contributed by atoms with Gasteiger partial charge in [-0.15, -0.1) is 0 Å². The van der Waals surface area contributed by atoms with E-state index in [1.54, 1.807) is 0 Å². The van der Waals surface area contributed by atoms with Crippen molar-refractivity contribution < 1.29 is 99.9 Å². The lowest BCUT2D eigenvalue weighted by molar-refractivity contribution is 0.0713. The number of ether oxygens (including phenoxy) is 6. The van der Waals surface area contributed by atoms with Crippen LogP contribution in [0.25, 0.3) is 44.3 Å². The normalized spacial score (nSPS) is 11.9. The second-order valence-electron chi connectivity index (χ2n) is 15.5. The van der Waals surface area contributed by atoms with Gasteiger partial charge in [0.15, 0.2) is 104 Å². The lowest BCUT2D eigenvalue weighted by Gasteiger charge is -2.23. The van der Waals surface area contributed by atoms with Crippen LogP contribution in [0.1, 0.15) is 36.6 Å². The molecule has 8 aromatic rings. The molecule has 24 heteroatoms. The molecule has 0 spiro atoms. The summed E-state index contributed by atoms with van der Waals surface area (Å²) in [7, 11) is 3.27. The summed E-state index contributed by atoms with van der Waals surface area (Å²) in [5.41, 5.74) is -4.87. The van der Waals surface area contributed by atoms with Gasteiger partial charge in [-0.2, -0.15) is 0 Å². The van der Waals surface area contributed by atoms with E-state index in [9.17, 15) is 71.9 Å². The van der Waals surface area contributed by atoms with Gasteiger partial charge in [0.25, 0.3) is 0 Å². The van der Waals surface area contributed by atoms with Crippen molar-refractivity contribution >= 4 is 39.8 Å². The molecule has 0 N–H and O–H groups in total. The van der Waals surface area contributed by atoms with Gasteiger partial charge in [-0.05, 0) is 66.1 Å².